The normalized spacial score (nSPS) is 27.1. The minimum absolute atomic E-state index is 0.116. The van der Waals surface area contributed by atoms with Crippen molar-refractivity contribution in [3.63, 3.8) is 0 Å². The van der Waals surface area contributed by atoms with Crippen LogP contribution in [0, 0.1) is 0 Å². The first-order chi connectivity index (χ1) is 9.37. The molecule has 112 valence electrons. The number of rotatable bonds is 1. The Balaban J connectivity index is 2.11. The van der Waals surface area contributed by atoms with Crippen LogP contribution in [0.25, 0.3) is 0 Å². The van der Waals surface area contributed by atoms with E-state index in [9.17, 15) is 9.59 Å². The van der Waals surface area contributed by atoms with Gasteiger partial charge in [0.15, 0.2) is 0 Å². The van der Waals surface area contributed by atoms with Gasteiger partial charge in [-0.25, -0.2) is 9.59 Å². The van der Waals surface area contributed by atoms with Crippen LogP contribution < -0.4 is 0 Å². The van der Waals surface area contributed by atoms with E-state index in [0.29, 0.717) is 6.54 Å². The number of hydrogen-bond acceptors (Lipinski definition) is 4. The van der Waals surface area contributed by atoms with Crippen LogP contribution in [0.5, 0.6) is 0 Å². The molecule has 1 fully saturated rings. The van der Waals surface area contributed by atoms with Crippen molar-refractivity contribution in [3.05, 3.63) is 12.2 Å². The van der Waals surface area contributed by atoms with Crippen molar-refractivity contribution in [2.24, 2.45) is 0 Å². The molecule has 1 amide bonds. The summed E-state index contributed by atoms with van der Waals surface area (Å²) >= 11 is 0. The van der Waals surface area contributed by atoms with Crippen molar-refractivity contribution in [1.82, 2.24) is 4.90 Å². The van der Waals surface area contributed by atoms with Gasteiger partial charge >= 0.3 is 12.1 Å². The summed E-state index contributed by atoms with van der Waals surface area (Å²) in [6, 6.07) is -0.116. The molecule has 20 heavy (non-hydrogen) atoms. The molecule has 5 heteroatoms. The molecule has 0 aromatic heterocycles. The second-order valence-corrected chi connectivity index (χ2v) is 6.35. The largest absolute Gasteiger partial charge is 0.453 e. The Hall–Kier alpha value is -1.52. The average Bonchev–Trinajstić information content (AvgIpc) is 2.62. The summed E-state index contributed by atoms with van der Waals surface area (Å²) in [6.07, 6.45) is 6.43. The molecule has 0 radical (unpaired) electrons. The second kappa shape index (κ2) is 5.85. The first kappa shape index (κ1) is 14.9. The molecule has 2 aliphatic heterocycles. The molecule has 0 saturated carbocycles. The molecule has 2 atom stereocenters. The summed E-state index contributed by atoms with van der Waals surface area (Å²) in [5, 5.41) is 0. The Bertz CT molecular complexity index is 411. The van der Waals surface area contributed by atoms with Crippen LogP contribution in [0.4, 0.5) is 4.79 Å². The van der Waals surface area contributed by atoms with Crippen molar-refractivity contribution in [3.8, 4) is 0 Å². The van der Waals surface area contributed by atoms with Gasteiger partial charge < -0.3 is 14.4 Å². The standard InChI is InChI=1S/C15H23NO4/c1-15(2,3)20-14(18)16-10-6-4-5-7-11(16)12-8-9-13(17)19-12/h8-9,11-12H,4-7,10H2,1-3H3/t11-,12+/m1/s1. The van der Waals surface area contributed by atoms with Gasteiger partial charge in [0.2, 0.25) is 0 Å². The van der Waals surface area contributed by atoms with E-state index in [-0.39, 0.29) is 24.2 Å². The molecule has 2 rings (SSSR count). The summed E-state index contributed by atoms with van der Waals surface area (Å²) in [5.41, 5.74) is -0.518. The van der Waals surface area contributed by atoms with E-state index >= 15 is 0 Å². The zero-order valence-electron chi connectivity index (χ0n) is 12.4. The Morgan fingerprint density at radius 3 is 2.70 bits per heavy atom. The molecular weight excluding hydrogens is 258 g/mol. The maximum absolute atomic E-state index is 12.4. The highest BCUT2D eigenvalue weighted by Crippen LogP contribution is 2.25. The van der Waals surface area contributed by atoms with Crippen molar-refractivity contribution >= 4 is 12.1 Å². The molecule has 0 unspecified atom stereocenters. The molecule has 1 saturated heterocycles. The zero-order chi connectivity index (χ0) is 14.8. The third-order valence-corrected chi connectivity index (χ3v) is 3.48. The summed E-state index contributed by atoms with van der Waals surface area (Å²) in [4.78, 5) is 25.3. The van der Waals surface area contributed by atoms with Gasteiger partial charge in [-0.1, -0.05) is 12.8 Å². The number of likely N-dealkylation sites (tertiary alicyclic amines) is 1. The summed E-state index contributed by atoms with van der Waals surface area (Å²) in [7, 11) is 0. The molecule has 0 aromatic rings. The molecule has 2 heterocycles. The number of carbonyl (C=O) groups is 2. The van der Waals surface area contributed by atoms with Gasteiger partial charge in [-0.15, -0.1) is 0 Å². The maximum Gasteiger partial charge on any atom is 0.410 e. The van der Waals surface area contributed by atoms with Crippen molar-refractivity contribution < 1.29 is 19.1 Å². The number of cyclic esters (lactones) is 1. The van der Waals surface area contributed by atoms with E-state index in [1.54, 1.807) is 11.0 Å². The second-order valence-electron chi connectivity index (χ2n) is 6.35. The van der Waals surface area contributed by atoms with Crippen LogP contribution in [-0.4, -0.2) is 41.3 Å². The van der Waals surface area contributed by atoms with Gasteiger partial charge in [-0.3, -0.25) is 0 Å². The third kappa shape index (κ3) is 3.74. The summed E-state index contributed by atoms with van der Waals surface area (Å²) in [5.74, 6) is -0.330. The Morgan fingerprint density at radius 2 is 2.10 bits per heavy atom. The van der Waals surface area contributed by atoms with Crippen molar-refractivity contribution in [2.45, 2.75) is 64.2 Å². The fourth-order valence-corrected chi connectivity index (χ4v) is 2.62. The smallest absolute Gasteiger partial charge is 0.410 e. The third-order valence-electron chi connectivity index (χ3n) is 3.48. The van der Waals surface area contributed by atoms with Crippen LogP contribution in [0.3, 0.4) is 0 Å². The highest BCUT2D eigenvalue weighted by Gasteiger charge is 2.36. The Morgan fingerprint density at radius 1 is 1.35 bits per heavy atom. The minimum atomic E-state index is -0.518. The minimum Gasteiger partial charge on any atom is -0.453 e. The Kier molecular flexibility index (Phi) is 4.35. The monoisotopic (exact) mass is 281 g/mol. The average molecular weight is 281 g/mol. The van der Waals surface area contributed by atoms with Gasteiger partial charge in [-0.2, -0.15) is 0 Å². The van der Waals surface area contributed by atoms with E-state index in [4.69, 9.17) is 9.47 Å². The van der Waals surface area contributed by atoms with Crippen LogP contribution in [0.2, 0.25) is 0 Å². The predicted molar refractivity (Wildman–Crippen MR) is 74.2 cm³/mol. The van der Waals surface area contributed by atoms with Gasteiger partial charge in [-0.05, 0) is 39.7 Å². The van der Waals surface area contributed by atoms with E-state index < -0.39 is 5.60 Å². The summed E-state index contributed by atoms with van der Waals surface area (Å²) < 4.78 is 10.7. The zero-order valence-corrected chi connectivity index (χ0v) is 12.4. The molecule has 0 aromatic carbocycles. The number of nitrogens with zero attached hydrogens (tertiary/aromatic N) is 1. The van der Waals surface area contributed by atoms with Gasteiger partial charge in [0, 0.05) is 12.6 Å². The lowest BCUT2D eigenvalue weighted by atomic mass is 10.0. The van der Waals surface area contributed by atoms with E-state index in [1.165, 1.54) is 6.08 Å². The van der Waals surface area contributed by atoms with E-state index in [0.717, 1.165) is 25.7 Å². The van der Waals surface area contributed by atoms with Crippen LogP contribution >= 0.6 is 0 Å². The topological polar surface area (TPSA) is 55.8 Å². The highest BCUT2D eigenvalue weighted by atomic mass is 16.6. The first-order valence-corrected chi connectivity index (χ1v) is 7.25. The van der Waals surface area contributed by atoms with E-state index in [2.05, 4.69) is 0 Å². The van der Waals surface area contributed by atoms with Crippen molar-refractivity contribution in [1.29, 1.82) is 0 Å². The molecule has 5 nitrogen and oxygen atoms in total. The quantitative estimate of drug-likeness (QED) is 0.693. The van der Waals surface area contributed by atoms with Gasteiger partial charge in [0.25, 0.3) is 0 Å². The molecule has 0 N–H and O–H groups in total. The SMILES string of the molecule is CC(C)(C)OC(=O)N1CCCCC[C@@H]1[C@@H]1C=CC(=O)O1. The highest BCUT2D eigenvalue weighted by molar-refractivity contribution is 5.84. The fraction of sp³-hybridized carbons (Fsp3) is 0.733. The summed E-state index contributed by atoms with van der Waals surface area (Å²) in [6.45, 7) is 6.22. The molecule has 0 bridgehead atoms. The number of ether oxygens (including phenoxy) is 2. The fourth-order valence-electron chi connectivity index (χ4n) is 2.62. The molecular formula is C15H23NO4. The number of amides is 1. The van der Waals surface area contributed by atoms with Gasteiger partial charge in [0.1, 0.15) is 11.7 Å². The molecule has 0 aliphatic carbocycles. The number of hydrogen-bond donors (Lipinski definition) is 0. The number of carbonyl (C=O) groups excluding carboxylic acids is 2. The predicted octanol–water partition coefficient (Wildman–Crippen LogP) is 2.65. The number of esters is 1. The lowest BCUT2D eigenvalue weighted by molar-refractivity contribution is -0.141. The lowest BCUT2D eigenvalue weighted by Gasteiger charge is -2.34. The van der Waals surface area contributed by atoms with E-state index in [1.807, 2.05) is 20.8 Å². The van der Waals surface area contributed by atoms with Crippen LogP contribution in [0.15, 0.2) is 12.2 Å². The van der Waals surface area contributed by atoms with Crippen LogP contribution in [0.1, 0.15) is 46.5 Å². The first-order valence-electron chi connectivity index (χ1n) is 7.25. The Labute approximate surface area is 119 Å². The van der Waals surface area contributed by atoms with Crippen molar-refractivity contribution in [2.75, 3.05) is 6.54 Å². The maximum atomic E-state index is 12.4. The van der Waals surface area contributed by atoms with Crippen LogP contribution in [-0.2, 0) is 14.3 Å². The molecule has 2 aliphatic rings. The molecule has 0 spiro atoms. The lowest BCUT2D eigenvalue weighted by Crippen LogP contribution is -2.48. The van der Waals surface area contributed by atoms with Gasteiger partial charge in [0.05, 0.1) is 6.04 Å².